The summed E-state index contributed by atoms with van der Waals surface area (Å²) in [6.07, 6.45) is -1.75. The van der Waals surface area contributed by atoms with Crippen LogP contribution in [0.15, 0.2) is 0 Å². The highest BCUT2D eigenvalue weighted by atomic mass is 19.4. The van der Waals surface area contributed by atoms with Crippen LogP contribution in [0.1, 0.15) is 59.3 Å². The summed E-state index contributed by atoms with van der Waals surface area (Å²) in [6, 6.07) is -2.11. The van der Waals surface area contributed by atoms with Crippen molar-refractivity contribution in [1.82, 2.24) is 15.5 Å². The van der Waals surface area contributed by atoms with Crippen LogP contribution in [0, 0.1) is 23.2 Å². The van der Waals surface area contributed by atoms with Crippen LogP contribution in [0.25, 0.3) is 0 Å². The van der Waals surface area contributed by atoms with E-state index in [1.54, 1.807) is 4.90 Å². The SMILES string of the molecule is CC(C)C[C@@H](C)C(=O)N1CC2(CC2)C[C@H]1C(=O)N[C@@H](C[C@@H]1CCNC1=O)C(=O)COC(F)(F)F. The van der Waals surface area contributed by atoms with E-state index in [-0.39, 0.29) is 29.6 Å². The summed E-state index contributed by atoms with van der Waals surface area (Å²) >= 11 is 0. The lowest BCUT2D eigenvalue weighted by Crippen LogP contribution is -2.53. The zero-order chi connectivity index (χ0) is 25.3. The lowest BCUT2D eigenvalue weighted by molar-refractivity contribution is -0.321. The molecule has 1 aliphatic carbocycles. The topological polar surface area (TPSA) is 105 Å². The summed E-state index contributed by atoms with van der Waals surface area (Å²) in [7, 11) is 0. The first kappa shape index (κ1) is 26.4. The minimum absolute atomic E-state index is 0.0978. The molecule has 4 atom stereocenters. The van der Waals surface area contributed by atoms with E-state index >= 15 is 0 Å². The van der Waals surface area contributed by atoms with E-state index < -0.39 is 42.7 Å². The third-order valence-corrected chi connectivity index (χ3v) is 7.06. The van der Waals surface area contributed by atoms with E-state index in [0.29, 0.717) is 38.3 Å². The molecule has 0 aromatic rings. The molecule has 8 nitrogen and oxygen atoms in total. The van der Waals surface area contributed by atoms with Crippen molar-refractivity contribution in [2.24, 2.45) is 23.2 Å². The molecule has 3 rings (SSSR count). The second-order valence-electron chi connectivity index (χ2n) is 10.5. The number of nitrogens with one attached hydrogen (secondary N) is 2. The fourth-order valence-corrected chi connectivity index (χ4v) is 5.10. The molecule has 3 fully saturated rings. The molecule has 0 unspecified atom stereocenters. The molecule has 2 heterocycles. The molecule has 34 heavy (non-hydrogen) atoms. The number of ketones is 1. The molecular weight excluding hydrogens is 455 g/mol. The number of carbonyl (C=O) groups excluding carboxylic acids is 4. The Kier molecular flexibility index (Phi) is 7.94. The van der Waals surface area contributed by atoms with Gasteiger partial charge in [0.1, 0.15) is 12.6 Å². The Morgan fingerprint density at radius 1 is 1.24 bits per heavy atom. The number of hydrogen-bond acceptors (Lipinski definition) is 5. The van der Waals surface area contributed by atoms with Gasteiger partial charge in [-0.05, 0) is 49.9 Å². The average Bonchev–Trinajstić information content (AvgIpc) is 3.19. The Balaban J connectivity index is 1.73. The standard InChI is InChI=1S/C23H34F3N3O5/c1-13(2)8-14(3)21(33)29-12-22(5-6-22)10-17(29)20(32)28-16(9-15-4-7-27-19(15)31)18(30)11-34-23(24,25)26/h13-17H,4-12H2,1-3H3,(H,27,31)(H,28,32)/t14-,15+,16+,17+/m1/s1. The number of carbonyl (C=O) groups is 4. The zero-order valence-electron chi connectivity index (χ0n) is 19.9. The second kappa shape index (κ2) is 10.2. The summed E-state index contributed by atoms with van der Waals surface area (Å²) in [6.45, 7) is 5.46. The lowest BCUT2D eigenvalue weighted by atomic mass is 9.95. The predicted octanol–water partition coefficient (Wildman–Crippen LogP) is 2.17. The van der Waals surface area contributed by atoms with Crippen molar-refractivity contribution in [2.75, 3.05) is 19.7 Å². The number of rotatable bonds is 10. The van der Waals surface area contributed by atoms with E-state index in [9.17, 15) is 32.3 Å². The summed E-state index contributed by atoms with van der Waals surface area (Å²) in [4.78, 5) is 52.5. The number of nitrogens with zero attached hydrogens (tertiary/aromatic N) is 1. The van der Waals surface area contributed by atoms with Crippen LogP contribution in [0.2, 0.25) is 0 Å². The fraction of sp³-hybridized carbons (Fsp3) is 0.826. The largest absolute Gasteiger partial charge is 0.522 e. The number of likely N-dealkylation sites (tertiary alicyclic amines) is 1. The number of hydrogen-bond donors (Lipinski definition) is 2. The van der Waals surface area contributed by atoms with Crippen LogP contribution in [0.3, 0.4) is 0 Å². The van der Waals surface area contributed by atoms with Gasteiger partial charge in [0.05, 0.1) is 6.04 Å². The maximum absolute atomic E-state index is 13.3. The average molecular weight is 490 g/mol. The smallest absolute Gasteiger partial charge is 0.356 e. The van der Waals surface area contributed by atoms with Gasteiger partial charge < -0.3 is 15.5 Å². The van der Waals surface area contributed by atoms with Crippen molar-refractivity contribution >= 4 is 23.5 Å². The van der Waals surface area contributed by atoms with E-state index in [4.69, 9.17) is 0 Å². The number of alkyl halides is 3. The van der Waals surface area contributed by atoms with Gasteiger partial charge in [-0.2, -0.15) is 0 Å². The van der Waals surface area contributed by atoms with Crippen LogP contribution in [0.4, 0.5) is 13.2 Å². The summed E-state index contributed by atoms with van der Waals surface area (Å²) in [5.74, 6) is -2.53. The molecule has 2 aliphatic heterocycles. The molecule has 2 saturated heterocycles. The van der Waals surface area contributed by atoms with Crippen molar-refractivity contribution in [3.8, 4) is 0 Å². The molecule has 3 aliphatic rings. The monoisotopic (exact) mass is 489 g/mol. The second-order valence-corrected chi connectivity index (χ2v) is 10.5. The van der Waals surface area contributed by atoms with E-state index in [1.165, 1.54) is 0 Å². The minimum Gasteiger partial charge on any atom is -0.356 e. The molecule has 1 saturated carbocycles. The normalized spacial score (nSPS) is 25.4. The van der Waals surface area contributed by atoms with Crippen LogP contribution in [0.5, 0.6) is 0 Å². The Labute approximate surface area is 197 Å². The van der Waals surface area contributed by atoms with Gasteiger partial charge in [-0.25, -0.2) is 0 Å². The molecule has 0 bridgehead atoms. The Morgan fingerprint density at radius 2 is 1.91 bits per heavy atom. The Hall–Kier alpha value is -2.17. The molecule has 1 spiro atoms. The molecule has 2 N–H and O–H groups in total. The summed E-state index contributed by atoms with van der Waals surface area (Å²) < 4.78 is 41.1. The maximum atomic E-state index is 13.3. The molecule has 3 amide bonds. The first-order valence-electron chi connectivity index (χ1n) is 11.9. The third-order valence-electron chi connectivity index (χ3n) is 7.06. The Bertz CT molecular complexity index is 812. The van der Waals surface area contributed by atoms with Gasteiger partial charge in [-0.3, -0.25) is 23.9 Å². The Morgan fingerprint density at radius 3 is 2.44 bits per heavy atom. The number of Topliss-reactive ketones (excluding diaryl/α,β-unsaturated/α-hetero) is 1. The number of ether oxygens (including phenoxy) is 1. The first-order chi connectivity index (χ1) is 15.8. The highest BCUT2D eigenvalue weighted by Gasteiger charge is 2.55. The third kappa shape index (κ3) is 6.70. The molecule has 0 aromatic carbocycles. The van der Waals surface area contributed by atoms with Crippen molar-refractivity contribution in [2.45, 2.75) is 77.7 Å². The molecule has 192 valence electrons. The maximum Gasteiger partial charge on any atom is 0.522 e. The van der Waals surface area contributed by atoms with E-state index in [1.807, 2.05) is 20.8 Å². The first-order valence-corrected chi connectivity index (χ1v) is 11.9. The summed E-state index contributed by atoms with van der Waals surface area (Å²) in [5.41, 5.74) is -0.0978. The van der Waals surface area contributed by atoms with Crippen molar-refractivity contribution < 1.29 is 37.1 Å². The predicted molar refractivity (Wildman–Crippen MR) is 115 cm³/mol. The van der Waals surface area contributed by atoms with E-state index in [0.717, 1.165) is 12.8 Å². The van der Waals surface area contributed by atoms with Crippen molar-refractivity contribution in [3.05, 3.63) is 0 Å². The van der Waals surface area contributed by atoms with Crippen LogP contribution >= 0.6 is 0 Å². The van der Waals surface area contributed by atoms with Gasteiger partial charge >= 0.3 is 6.36 Å². The fourth-order valence-electron chi connectivity index (χ4n) is 5.10. The van der Waals surface area contributed by atoms with Gasteiger partial charge in [0.2, 0.25) is 17.7 Å². The molecular formula is C23H34F3N3O5. The number of amides is 3. The molecule has 11 heteroatoms. The summed E-state index contributed by atoms with van der Waals surface area (Å²) in [5, 5.41) is 5.18. The zero-order valence-corrected chi connectivity index (χ0v) is 19.9. The highest BCUT2D eigenvalue weighted by Crippen LogP contribution is 2.55. The molecule has 0 aromatic heterocycles. The quantitative estimate of drug-likeness (QED) is 0.490. The van der Waals surface area contributed by atoms with Crippen LogP contribution in [-0.4, -0.2) is 66.5 Å². The van der Waals surface area contributed by atoms with Crippen LogP contribution in [-0.2, 0) is 23.9 Å². The highest BCUT2D eigenvalue weighted by molar-refractivity contribution is 5.94. The van der Waals surface area contributed by atoms with Gasteiger partial charge in [0.15, 0.2) is 5.78 Å². The van der Waals surface area contributed by atoms with Gasteiger partial charge in [-0.15, -0.1) is 13.2 Å². The lowest BCUT2D eigenvalue weighted by Gasteiger charge is -2.29. The van der Waals surface area contributed by atoms with Crippen molar-refractivity contribution in [3.63, 3.8) is 0 Å². The molecule has 0 radical (unpaired) electrons. The van der Waals surface area contributed by atoms with Crippen LogP contribution < -0.4 is 10.6 Å². The van der Waals surface area contributed by atoms with E-state index in [2.05, 4.69) is 15.4 Å². The minimum atomic E-state index is -4.99. The number of halogens is 3. The van der Waals surface area contributed by atoms with Gasteiger partial charge in [-0.1, -0.05) is 20.8 Å². The van der Waals surface area contributed by atoms with Crippen molar-refractivity contribution in [1.29, 1.82) is 0 Å². The van der Waals surface area contributed by atoms with Gasteiger partial charge in [0.25, 0.3) is 0 Å². The van der Waals surface area contributed by atoms with Gasteiger partial charge in [0, 0.05) is 24.9 Å².